The molecule has 0 radical (unpaired) electrons. The summed E-state index contributed by atoms with van der Waals surface area (Å²) in [5.41, 5.74) is 0. The summed E-state index contributed by atoms with van der Waals surface area (Å²) < 4.78 is 4.72. The zero-order valence-corrected chi connectivity index (χ0v) is 5.96. The summed E-state index contributed by atoms with van der Waals surface area (Å²) in [6, 6.07) is 0. The average molecular weight is 134 g/mol. The van der Waals surface area contributed by atoms with Crippen LogP contribution in [0.1, 0.15) is 6.92 Å². The van der Waals surface area contributed by atoms with Gasteiger partial charge in [0.05, 0.1) is 6.61 Å². The highest BCUT2D eigenvalue weighted by Gasteiger charge is 1.90. The minimum Gasteiger partial charge on any atom is -0.384 e. The van der Waals surface area contributed by atoms with Crippen LogP contribution in [0.3, 0.4) is 0 Å². The van der Waals surface area contributed by atoms with Gasteiger partial charge in [-0.3, -0.25) is 4.79 Å². The largest absolute Gasteiger partial charge is 0.384 e. The molecule has 0 atom stereocenters. The predicted molar refractivity (Wildman–Crippen MR) is 35.0 cm³/mol. The van der Waals surface area contributed by atoms with E-state index < -0.39 is 0 Å². The van der Waals surface area contributed by atoms with Crippen LogP contribution in [0.5, 0.6) is 0 Å². The molecule has 0 unspecified atom stereocenters. The number of carbonyl (C=O) groups excluding carboxylic acids is 1. The van der Waals surface area contributed by atoms with E-state index in [0.29, 0.717) is 6.61 Å². The molecule has 0 aromatic carbocycles. The number of carbonyl (C=O) groups is 1. The van der Waals surface area contributed by atoms with Gasteiger partial charge < -0.3 is 4.74 Å². The first kappa shape index (κ1) is 7.98. The van der Waals surface area contributed by atoms with Crippen molar-refractivity contribution in [1.29, 1.82) is 0 Å². The van der Waals surface area contributed by atoms with Gasteiger partial charge in [0.25, 0.3) is 0 Å². The van der Waals surface area contributed by atoms with Gasteiger partial charge in [-0.2, -0.15) is 0 Å². The van der Waals surface area contributed by atoms with Crippen molar-refractivity contribution in [3.63, 3.8) is 0 Å². The van der Waals surface area contributed by atoms with Crippen LogP contribution in [0.4, 0.5) is 0 Å². The van der Waals surface area contributed by atoms with Gasteiger partial charge in [0, 0.05) is 19.8 Å². The molecule has 0 saturated heterocycles. The maximum absolute atomic E-state index is 10.2. The summed E-state index contributed by atoms with van der Waals surface area (Å²) in [7, 11) is 1.63. The molecule has 48 valence electrons. The monoisotopic (exact) mass is 134 g/mol. The number of rotatable bonds is 3. The topological polar surface area (TPSA) is 26.3 Å². The number of hydrogen-bond donors (Lipinski definition) is 0. The molecule has 0 aliphatic heterocycles. The Kier molecular flexibility index (Phi) is 5.11. The lowest BCUT2D eigenvalue weighted by Crippen LogP contribution is -1.93. The van der Waals surface area contributed by atoms with Crippen LogP contribution in [0.2, 0.25) is 0 Å². The lowest BCUT2D eigenvalue weighted by Gasteiger charge is -1.92. The zero-order chi connectivity index (χ0) is 6.41. The van der Waals surface area contributed by atoms with Crippen molar-refractivity contribution in [2.24, 2.45) is 0 Å². The van der Waals surface area contributed by atoms with Crippen LogP contribution >= 0.6 is 11.8 Å². The Bertz CT molecular complexity index is 72.8. The quantitative estimate of drug-likeness (QED) is 0.537. The minimum atomic E-state index is 0.155. The molecule has 0 N–H and O–H groups in total. The Labute approximate surface area is 53.6 Å². The fourth-order valence-corrected chi connectivity index (χ4v) is 0.806. The highest BCUT2D eigenvalue weighted by molar-refractivity contribution is 8.13. The molecule has 8 heavy (non-hydrogen) atoms. The van der Waals surface area contributed by atoms with E-state index >= 15 is 0 Å². The van der Waals surface area contributed by atoms with Gasteiger partial charge in [-0.1, -0.05) is 11.8 Å². The first-order valence-electron chi connectivity index (χ1n) is 2.39. The second-order valence-electron chi connectivity index (χ2n) is 1.33. The normalized spacial score (nSPS) is 9.25. The van der Waals surface area contributed by atoms with Crippen molar-refractivity contribution in [2.45, 2.75) is 6.92 Å². The molecular weight excluding hydrogens is 124 g/mol. The van der Waals surface area contributed by atoms with E-state index in [1.54, 1.807) is 14.0 Å². The average Bonchev–Trinajstić information content (AvgIpc) is 1.66. The second-order valence-corrected chi connectivity index (χ2v) is 2.60. The third-order valence-corrected chi connectivity index (χ3v) is 1.37. The van der Waals surface area contributed by atoms with Crippen molar-refractivity contribution < 1.29 is 9.53 Å². The smallest absolute Gasteiger partial charge is 0.185 e. The molecule has 3 heteroatoms. The summed E-state index contributed by atoms with van der Waals surface area (Å²) >= 11 is 1.29. The Morgan fingerprint density at radius 1 is 1.75 bits per heavy atom. The molecule has 0 rings (SSSR count). The van der Waals surface area contributed by atoms with Crippen molar-refractivity contribution in [3.8, 4) is 0 Å². The maximum atomic E-state index is 10.2. The van der Waals surface area contributed by atoms with Crippen LogP contribution in [-0.2, 0) is 9.53 Å². The van der Waals surface area contributed by atoms with Crippen molar-refractivity contribution in [2.75, 3.05) is 19.5 Å². The van der Waals surface area contributed by atoms with Crippen molar-refractivity contribution >= 4 is 16.9 Å². The molecule has 0 aromatic rings. The van der Waals surface area contributed by atoms with Crippen LogP contribution in [-0.4, -0.2) is 24.6 Å². The number of thioether (sulfide) groups is 1. The molecule has 0 aliphatic carbocycles. The summed E-state index contributed by atoms with van der Waals surface area (Å²) in [6.07, 6.45) is 0. The van der Waals surface area contributed by atoms with E-state index in [9.17, 15) is 4.79 Å². The van der Waals surface area contributed by atoms with E-state index in [1.165, 1.54) is 11.8 Å². The summed E-state index contributed by atoms with van der Waals surface area (Å²) in [5, 5.41) is 0.155. The van der Waals surface area contributed by atoms with Gasteiger partial charge in [0.15, 0.2) is 5.12 Å². The van der Waals surface area contributed by atoms with Crippen molar-refractivity contribution in [3.05, 3.63) is 0 Å². The molecule has 0 fully saturated rings. The first-order chi connectivity index (χ1) is 3.77. The molecule has 0 aromatic heterocycles. The Balaban J connectivity index is 2.82. The SMILES string of the molecule is COCCSC(C)=O. The lowest BCUT2D eigenvalue weighted by molar-refractivity contribution is -0.109. The van der Waals surface area contributed by atoms with Crippen LogP contribution in [0, 0.1) is 0 Å². The van der Waals surface area contributed by atoms with Gasteiger partial charge in [-0.05, 0) is 0 Å². The minimum absolute atomic E-state index is 0.155. The predicted octanol–water partition coefficient (Wildman–Crippen LogP) is 0.913. The third kappa shape index (κ3) is 5.98. The standard InChI is InChI=1S/C5H10O2S/c1-5(6)8-4-3-7-2/h3-4H2,1-2H3. The maximum Gasteiger partial charge on any atom is 0.185 e. The fourth-order valence-electron chi connectivity index (χ4n) is 0.269. The summed E-state index contributed by atoms with van der Waals surface area (Å²) in [6.45, 7) is 2.21. The van der Waals surface area contributed by atoms with Crippen LogP contribution in [0.25, 0.3) is 0 Å². The van der Waals surface area contributed by atoms with Gasteiger partial charge in [-0.15, -0.1) is 0 Å². The summed E-state index contributed by atoms with van der Waals surface area (Å²) in [4.78, 5) is 10.2. The van der Waals surface area contributed by atoms with Crippen LogP contribution in [0.15, 0.2) is 0 Å². The number of hydrogen-bond acceptors (Lipinski definition) is 3. The molecule has 0 amide bonds. The van der Waals surface area contributed by atoms with Gasteiger partial charge in [0.1, 0.15) is 0 Å². The van der Waals surface area contributed by atoms with E-state index in [1.807, 2.05) is 0 Å². The van der Waals surface area contributed by atoms with E-state index in [-0.39, 0.29) is 5.12 Å². The van der Waals surface area contributed by atoms with E-state index in [2.05, 4.69) is 0 Å². The van der Waals surface area contributed by atoms with E-state index in [0.717, 1.165) is 5.75 Å². The number of ether oxygens (including phenoxy) is 1. The highest BCUT2D eigenvalue weighted by Crippen LogP contribution is 1.98. The molecule has 0 spiro atoms. The van der Waals surface area contributed by atoms with Gasteiger partial charge in [0.2, 0.25) is 0 Å². The summed E-state index contributed by atoms with van der Waals surface area (Å²) in [5.74, 6) is 0.770. The molecule has 2 nitrogen and oxygen atoms in total. The number of methoxy groups -OCH3 is 1. The molecule has 0 aliphatic rings. The fraction of sp³-hybridized carbons (Fsp3) is 0.800. The third-order valence-electron chi connectivity index (χ3n) is 0.593. The van der Waals surface area contributed by atoms with Gasteiger partial charge >= 0.3 is 0 Å². The Hall–Kier alpha value is -0.0200. The van der Waals surface area contributed by atoms with Crippen molar-refractivity contribution in [1.82, 2.24) is 0 Å². The highest BCUT2D eigenvalue weighted by atomic mass is 32.2. The van der Waals surface area contributed by atoms with E-state index in [4.69, 9.17) is 4.74 Å². The second kappa shape index (κ2) is 5.12. The molecule has 0 heterocycles. The zero-order valence-electron chi connectivity index (χ0n) is 5.14. The molecule has 0 bridgehead atoms. The van der Waals surface area contributed by atoms with Gasteiger partial charge in [-0.25, -0.2) is 0 Å². The lowest BCUT2D eigenvalue weighted by atomic mass is 10.9. The first-order valence-corrected chi connectivity index (χ1v) is 3.38. The Morgan fingerprint density at radius 3 is 2.75 bits per heavy atom. The molecule has 0 saturated carbocycles. The van der Waals surface area contributed by atoms with Crippen LogP contribution < -0.4 is 0 Å². The Morgan fingerprint density at radius 2 is 2.38 bits per heavy atom. The molecular formula is C5H10O2S.